The molecule has 0 spiro atoms. The van der Waals surface area contributed by atoms with Crippen molar-refractivity contribution in [2.45, 2.75) is 19.4 Å². The molecule has 19 heavy (non-hydrogen) atoms. The Balaban J connectivity index is 2.29. The van der Waals surface area contributed by atoms with Crippen LogP contribution >= 0.6 is 11.6 Å². The lowest BCUT2D eigenvalue weighted by Gasteiger charge is -2.36. The maximum Gasteiger partial charge on any atom is 0.313 e. The summed E-state index contributed by atoms with van der Waals surface area (Å²) in [6.45, 7) is 3.46. The van der Waals surface area contributed by atoms with Crippen LogP contribution in [0.2, 0.25) is 5.02 Å². The van der Waals surface area contributed by atoms with Gasteiger partial charge in [-0.3, -0.25) is 10.1 Å². The smallest absolute Gasteiger partial charge is 0.313 e. The van der Waals surface area contributed by atoms with Gasteiger partial charge < -0.3 is 9.64 Å². The van der Waals surface area contributed by atoms with Gasteiger partial charge in [0.2, 0.25) is 5.82 Å². The monoisotopic (exact) mass is 285 g/mol. The number of methoxy groups -OCH3 is 1. The molecule has 2 unspecified atom stereocenters. The second-order valence-electron chi connectivity index (χ2n) is 4.74. The van der Waals surface area contributed by atoms with Crippen molar-refractivity contribution in [2.24, 2.45) is 5.92 Å². The van der Waals surface area contributed by atoms with E-state index in [0.29, 0.717) is 18.3 Å². The lowest BCUT2D eigenvalue weighted by atomic mass is 9.96. The Morgan fingerprint density at radius 2 is 2.37 bits per heavy atom. The highest BCUT2D eigenvalue weighted by Crippen LogP contribution is 2.31. The van der Waals surface area contributed by atoms with Gasteiger partial charge in [-0.05, 0) is 12.3 Å². The summed E-state index contributed by atoms with van der Waals surface area (Å²) in [6.07, 6.45) is 2.41. The third-order valence-corrected chi connectivity index (χ3v) is 3.71. The fraction of sp³-hybridized carbons (Fsp3) is 0.583. The van der Waals surface area contributed by atoms with Crippen LogP contribution in [-0.2, 0) is 4.74 Å². The van der Waals surface area contributed by atoms with Gasteiger partial charge in [0, 0.05) is 32.5 Å². The molecule has 1 aromatic heterocycles. The summed E-state index contributed by atoms with van der Waals surface area (Å²) >= 11 is 5.77. The van der Waals surface area contributed by atoms with Crippen molar-refractivity contribution >= 4 is 23.1 Å². The first-order valence-corrected chi connectivity index (χ1v) is 6.48. The van der Waals surface area contributed by atoms with Crippen molar-refractivity contribution in [1.29, 1.82) is 0 Å². The molecule has 1 aliphatic heterocycles. The summed E-state index contributed by atoms with van der Waals surface area (Å²) in [6, 6.07) is 1.34. The van der Waals surface area contributed by atoms with Crippen LogP contribution in [0, 0.1) is 16.0 Å². The molecule has 1 aliphatic rings. The van der Waals surface area contributed by atoms with Crippen molar-refractivity contribution in [3.8, 4) is 0 Å². The molecule has 1 aromatic rings. The molecule has 6 nitrogen and oxygen atoms in total. The first-order chi connectivity index (χ1) is 9.02. The predicted octanol–water partition coefficient (Wildman–Crippen LogP) is 2.50. The molecule has 0 N–H and O–H groups in total. The molecule has 1 fully saturated rings. The number of nitrogens with zero attached hydrogens (tertiary/aromatic N) is 3. The fourth-order valence-electron chi connectivity index (χ4n) is 2.33. The molecule has 0 amide bonds. The minimum Gasteiger partial charge on any atom is -0.379 e. The van der Waals surface area contributed by atoms with Crippen molar-refractivity contribution in [3.05, 3.63) is 27.4 Å². The molecule has 2 atom stereocenters. The van der Waals surface area contributed by atoms with E-state index in [1.165, 1.54) is 12.3 Å². The topological polar surface area (TPSA) is 68.5 Å². The molecule has 0 bridgehead atoms. The van der Waals surface area contributed by atoms with Gasteiger partial charge in [-0.25, -0.2) is 4.98 Å². The summed E-state index contributed by atoms with van der Waals surface area (Å²) < 4.78 is 5.41. The van der Waals surface area contributed by atoms with Crippen LogP contribution in [0.15, 0.2) is 12.3 Å². The predicted molar refractivity (Wildman–Crippen MR) is 72.7 cm³/mol. The Labute approximate surface area is 116 Å². The van der Waals surface area contributed by atoms with Gasteiger partial charge in [0.05, 0.1) is 16.0 Å². The highest BCUT2D eigenvalue weighted by Gasteiger charge is 2.30. The van der Waals surface area contributed by atoms with Crippen molar-refractivity contribution in [1.82, 2.24) is 4.98 Å². The zero-order valence-electron chi connectivity index (χ0n) is 10.9. The van der Waals surface area contributed by atoms with E-state index in [4.69, 9.17) is 16.3 Å². The summed E-state index contributed by atoms with van der Waals surface area (Å²) in [5, 5.41) is 11.3. The van der Waals surface area contributed by atoms with Gasteiger partial charge in [-0.15, -0.1) is 0 Å². The zero-order chi connectivity index (χ0) is 14.0. The van der Waals surface area contributed by atoms with Crippen molar-refractivity contribution in [2.75, 3.05) is 25.1 Å². The first-order valence-electron chi connectivity index (χ1n) is 6.10. The summed E-state index contributed by atoms with van der Waals surface area (Å²) in [4.78, 5) is 16.6. The number of ether oxygens (including phenoxy) is 1. The number of halogens is 1. The molecule has 1 saturated heterocycles. The highest BCUT2D eigenvalue weighted by molar-refractivity contribution is 6.30. The molecule has 0 aromatic carbocycles. The van der Waals surface area contributed by atoms with Crippen LogP contribution in [-0.4, -0.2) is 36.2 Å². The quantitative estimate of drug-likeness (QED) is 0.630. The van der Waals surface area contributed by atoms with E-state index >= 15 is 0 Å². The second kappa shape index (κ2) is 5.71. The molecule has 2 rings (SSSR count). The Bertz CT molecular complexity index is 483. The SMILES string of the molecule is COC1CN(c2ncc(Cl)cc2[N+](=O)[O-])CCC1C. The number of hydrogen-bond acceptors (Lipinski definition) is 5. The van der Waals surface area contributed by atoms with E-state index in [1.54, 1.807) is 7.11 Å². The van der Waals surface area contributed by atoms with Crippen LogP contribution in [0.5, 0.6) is 0 Å². The highest BCUT2D eigenvalue weighted by atomic mass is 35.5. The van der Waals surface area contributed by atoms with Gasteiger partial charge >= 0.3 is 5.69 Å². The Morgan fingerprint density at radius 3 is 3.00 bits per heavy atom. The van der Waals surface area contributed by atoms with E-state index in [2.05, 4.69) is 11.9 Å². The van der Waals surface area contributed by atoms with Gasteiger partial charge in [0.25, 0.3) is 0 Å². The minimum atomic E-state index is -0.450. The van der Waals surface area contributed by atoms with Crippen LogP contribution in [0.25, 0.3) is 0 Å². The van der Waals surface area contributed by atoms with Crippen LogP contribution < -0.4 is 4.90 Å². The van der Waals surface area contributed by atoms with Crippen molar-refractivity contribution < 1.29 is 9.66 Å². The Morgan fingerprint density at radius 1 is 1.63 bits per heavy atom. The van der Waals surface area contributed by atoms with Gasteiger partial charge in [-0.2, -0.15) is 0 Å². The molecule has 7 heteroatoms. The van der Waals surface area contributed by atoms with E-state index in [9.17, 15) is 10.1 Å². The molecule has 0 saturated carbocycles. The number of hydrogen-bond donors (Lipinski definition) is 0. The number of aromatic nitrogens is 1. The largest absolute Gasteiger partial charge is 0.379 e. The fourth-order valence-corrected chi connectivity index (χ4v) is 2.48. The summed E-state index contributed by atoms with van der Waals surface area (Å²) in [5.41, 5.74) is -0.0584. The summed E-state index contributed by atoms with van der Waals surface area (Å²) in [7, 11) is 1.66. The number of piperidine rings is 1. The molecule has 0 aliphatic carbocycles. The van der Waals surface area contributed by atoms with E-state index in [-0.39, 0.29) is 16.8 Å². The van der Waals surface area contributed by atoms with E-state index < -0.39 is 4.92 Å². The van der Waals surface area contributed by atoms with Gasteiger partial charge in [-0.1, -0.05) is 18.5 Å². The summed E-state index contributed by atoms with van der Waals surface area (Å²) in [5.74, 6) is 0.802. The van der Waals surface area contributed by atoms with Crippen LogP contribution in [0.1, 0.15) is 13.3 Å². The zero-order valence-corrected chi connectivity index (χ0v) is 11.6. The van der Waals surface area contributed by atoms with E-state index in [1.807, 2.05) is 4.90 Å². The molecular formula is C12H16ClN3O3. The third-order valence-electron chi connectivity index (χ3n) is 3.50. The van der Waals surface area contributed by atoms with Crippen LogP contribution in [0.3, 0.4) is 0 Å². The lowest BCUT2D eigenvalue weighted by Crippen LogP contribution is -2.44. The lowest BCUT2D eigenvalue weighted by molar-refractivity contribution is -0.384. The number of rotatable bonds is 3. The standard InChI is InChI=1S/C12H16ClN3O3/c1-8-3-4-15(7-11(8)19-2)12-10(16(17)18)5-9(13)6-14-12/h5-6,8,11H,3-4,7H2,1-2H3. The Kier molecular flexibility index (Phi) is 4.21. The number of pyridine rings is 1. The third kappa shape index (κ3) is 2.96. The molecule has 104 valence electrons. The molecular weight excluding hydrogens is 270 g/mol. The maximum atomic E-state index is 11.1. The van der Waals surface area contributed by atoms with E-state index in [0.717, 1.165) is 13.0 Å². The molecule has 0 radical (unpaired) electrons. The van der Waals surface area contributed by atoms with Gasteiger partial charge in [0.15, 0.2) is 0 Å². The number of nitro groups is 1. The average Bonchev–Trinajstić information content (AvgIpc) is 2.39. The first kappa shape index (κ1) is 14.0. The normalized spacial score (nSPS) is 23.4. The minimum absolute atomic E-state index is 0.0584. The molecule has 2 heterocycles. The van der Waals surface area contributed by atoms with Crippen LogP contribution in [0.4, 0.5) is 11.5 Å². The Hall–Kier alpha value is -1.40. The average molecular weight is 286 g/mol. The van der Waals surface area contributed by atoms with Gasteiger partial charge in [0.1, 0.15) is 0 Å². The maximum absolute atomic E-state index is 11.1. The van der Waals surface area contributed by atoms with Crippen molar-refractivity contribution in [3.63, 3.8) is 0 Å². The number of anilines is 1. The second-order valence-corrected chi connectivity index (χ2v) is 5.18.